The van der Waals surface area contributed by atoms with Crippen LogP contribution in [0.25, 0.3) is 0 Å². The molecule has 2 bridgehead atoms. The van der Waals surface area contributed by atoms with E-state index in [0.717, 1.165) is 31.0 Å². The molecule has 0 saturated carbocycles. The maximum Gasteiger partial charge on any atom is 0.269 e. The van der Waals surface area contributed by atoms with Crippen LogP contribution in [0.2, 0.25) is 0 Å². The Hall–Kier alpha value is -3.74. The highest BCUT2D eigenvalue weighted by Gasteiger charge is 2.29. The first-order chi connectivity index (χ1) is 14.5. The van der Waals surface area contributed by atoms with Crippen LogP contribution >= 0.6 is 0 Å². The van der Waals surface area contributed by atoms with E-state index in [2.05, 4.69) is 58.4 Å². The van der Waals surface area contributed by atoms with Gasteiger partial charge in [-0.15, -0.1) is 0 Å². The number of aryl methyl sites for hydroxylation is 1. The van der Waals surface area contributed by atoms with Crippen molar-refractivity contribution in [2.45, 2.75) is 26.6 Å². The van der Waals surface area contributed by atoms with Crippen LogP contribution in [0.3, 0.4) is 0 Å². The zero-order chi connectivity index (χ0) is 20.8. The minimum absolute atomic E-state index is 0.0498. The first-order valence-corrected chi connectivity index (χ1v) is 9.97. The number of nitrogen functional groups attached to an aromatic ring is 1. The van der Waals surface area contributed by atoms with E-state index in [1.54, 1.807) is 6.07 Å². The van der Waals surface area contributed by atoms with Gasteiger partial charge in [-0.2, -0.15) is 0 Å². The summed E-state index contributed by atoms with van der Waals surface area (Å²) in [6.45, 7) is 5.24. The molecule has 3 aromatic carbocycles. The molecule has 5 rings (SSSR count). The molecule has 0 spiro atoms. The van der Waals surface area contributed by atoms with Gasteiger partial charge in [0.15, 0.2) is 0 Å². The molecule has 0 aromatic heterocycles. The Balaban J connectivity index is 1.37. The molecular formula is C23H23N5O2. The van der Waals surface area contributed by atoms with Crippen LogP contribution < -0.4 is 20.9 Å². The van der Waals surface area contributed by atoms with Crippen LogP contribution in [-0.4, -0.2) is 11.6 Å². The molecule has 7 nitrogen and oxygen atoms in total. The monoisotopic (exact) mass is 401 g/mol. The maximum atomic E-state index is 11.0. The molecule has 0 unspecified atom stereocenters. The van der Waals surface area contributed by atoms with Gasteiger partial charge in [0.05, 0.1) is 11.6 Å². The van der Waals surface area contributed by atoms with Crippen LogP contribution in [0.15, 0.2) is 54.6 Å². The molecule has 152 valence electrons. The average Bonchev–Trinajstić information content (AvgIpc) is 2.72. The molecule has 2 heterocycles. The lowest BCUT2D eigenvalue weighted by atomic mass is 10.00. The van der Waals surface area contributed by atoms with Crippen LogP contribution in [0.4, 0.5) is 28.4 Å². The SMILES string of the molecule is Cc1ccc2c(c1)CN1CN2Cc2cc(NCc3cc([N+](=O)[O-])ccc3N)ccc21. The van der Waals surface area contributed by atoms with Crippen molar-refractivity contribution in [3.8, 4) is 0 Å². The second kappa shape index (κ2) is 6.95. The summed E-state index contributed by atoms with van der Waals surface area (Å²) >= 11 is 0. The largest absolute Gasteiger partial charge is 0.398 e. The predicted octanol–water partition coefficient (Wildman–Crippen LogP) is 4.40. The predicted molar refractivity (Wildman–Crippen MR) is 120 cm³/mol. The van der Waals surface area contributed by atoms with Gasteiger partial charge in [-0.1, -0.05) is 17.7 Å². The number of anilines is 4. The van der Waals surface area contributed by atoms with Gasteiger partial charge >= 0.3 is 0 Å². The first-order valence-electron chi connectivity index (χ1n) is 9.97. The van der Waals surface area contributed by atoms with E-state index in [-0.39, 0.29) is 5.69 Å². The number of fused-ring (bicyclic) bond motifs is 6. The van der Waals surface area contributed by atoms with Crippen molar-refractivity contribution in [2.24, 2.45) is 0 Å². The van der Waals surface area contributed by atoms with Crippen molar-refractivity contribution in [3.63, 3.8) is 0 Å². The summed E-state index contributed by atoms with van der Waals surface area (Å²) in [7, 11) is 0. The van der Waals surface area contributed by atoms with Crippen molar-refractivity contribution >= 4 is 28.4 Å². The number of nitrogens with one attached hydrogen (secondary N) is 1. The van der Waals surface area contributed by atoms with E-state index in [4.69, 9.17) is 5.73 Å². The van der Waals surface area contributed by atoms with Crippen LogP contribution in [0, 0.1) is 17.0 Å². The van der Waals surface area contributed by atoms with E-state index in [1.165, 1.54) is 40.2 Å². The number of nitro groups is 1. The summed E-state index contributed by atoms with van der Waals surface area (Å²) in [6.07, 6.45) is 0. The summed E-state index contributed by atoms with van der Waals surface area (Å²) < 4.78 is 0. The minimum Gasteiger partial charge on any atom is -0.398 e. The average molecular weight is 401 g/mol. The van der Waals surface area contributed by atoms with E-state index in [1.807, 2.05) is 0 Å². The highest BCUT2D eigenvalue weighted by molar-refractivity contribution is 5.70. The third-order valence-corrected chi connectivity index (χ3v) is 5.88. The summed E-state index contributed by atoms with van der Waals surface area (Å²) in [5.74, 6) is 0. The van der Waals surface area contributed by atoms with Crippen molar-refractivity contribution in [1.29, 1.82) is 0 Å². The highest BCUT2D eigenvalue weighted by atomic mass is 16.6. The third-order valence-electron chi connectivity index (χ3n) is 5.88. The summed E-state index contributed by atoms with van der Waals surface area (Å²) in [4.78, 5) is 15.4. The van der Waals surface area contributed by atoms with Crippen LogP contribution in [0.1, 0.15) is 22.3 Å². The molecule has 30 heavy (non-hydrogen) atoms. The van der Waals surface area contributed by atoms with Crippen molar-refractivity contribution in [2.75, 3.05) is 27.5 Å². The Bertz CT molecular complexity index is 1160. The molecule has 2 aliphatic rings. The quantitative estimate of drug-likeness (QED) is 0.383. The van der Waals surface area contributed by atoms with Gasteiger partial charge in [0.25, 0.3) is 5.69 Å². The van der Waals surface area contributed by atoms with E-state index < -0.39 is 4.92 Å². The van der Waals surface area contributed by atoms with Gasteiger partial charge in [0.1, 0.15) is 0 Å². The molecule has 0 saturated heterocycles. The van der Waals surface area contributed by atoms with Crippen molar-refractivity contribution in [3.05, 3.63) is 87.0 Å². The summed E-state index contributed by atoms with van der Waals surface area (Å²) in [5.41, 5.74) is 14.8. The lowest BCUT2D eigenvalue weighted by molar-refractivity contribution is -0.384. The van der Waals surface area contributed by atoms with Crippen LogP contribution in [-0.2, 0) is 19.6 Å². The summed E-state index contributed by atoms with van der Waals surface area (Å²) in [5, 5.41) is 14.4. The smallest absolute Gasteiger partial charge is 0.269 e. The van der Waals surface area contributed by atoms with Crippen molar-refractivity contribution < 1.29 is 4.92 Å². The van der Waals surface area contributed by atoms with E-state index in [9.17, 15) is 10.1 Å². The highest BCUT2D eigenvalue weighted by Crippen LogP contribution is 2.39. The Morgan fingerprint density at radius 3 is 2.43 bits per heavy atom. The molecule has 0 fully saturated rings. The molecule has 0 radical (unpaired) electrons. The standard InChI is InChI=1S/C23H23N5O2/c1-15-2-6-22-17(8-15)12-26-14-27(22)13-18-9-19(3-7-23(18)26)25-11-16-10-20(28(29)30)4-5-21(16)24/h2-10,25H,11-14,24H2,1H3. The number of nitro benzene ring substituents is 1. The van der Waals surface area contributed by atoms with Gasteiger partial charge in [-0.3, -0.25) is 10.1 Å². The van der Waals surface area contributed by atoms with Gasteiger partial charge in [-0.05, 0) is 48.4 Å². The Labute approximate surface area is 174 Å². The molecule has 0 atom stereocenters. The molecule has 3 aromatic rings. The van der Waals surface area contributed by atoms with Gasteiger partial charge in [0.2, 0.25) is 0 Å². The number of hydrogen-bond acceptors (Lipinski definition) is 6. The zero-order valence-corrected chi connectivity index (χ0v) is 16.8. The normalized spacial score (nSPS) is 14.2. The number of hydrogen-bond donors (Lipinski definition) is 2. The fraction of sp³-hybridized carbons (Fsp3) is 0.217. The number of nitrogens with two attached hydrogens (primary N) is 1. The molecule has 7 heteroatoms. The first kappa shape index (κ1) is 18.3. The molecule has 2 aliphatic heterocycles. The minimum atomic E-state index is -0.400. The lowest BCUT2D eigenvalue weighted by Gasteiger charge is -2.45. The second-order valence-corrected chi connectivity index (χ2v) is 8.01. The number of nitrogens with zero attached hydrogens (tertiary/aromatic N) is 3. The number of benzene rings is 3. The van der Waals surface area contributed by atoms with E-state index in [0.29, 0.717) is 12.2 Å². The molecule has 0 amide bonds. The number of non-ortho nitro benzene ring substituents is 1. The Kier molecular flexibility index (Phi) is 4.24. The molecular weight excluding hydrogens is 378 g/mol. The van der Waals surface area contributed by atoms with Gasteiger partial charge < -0.3 is 20.9 Å². The maximum absolute atomic E-state index is 11.0. The Morgan fingerprint density at radius 1 is 1.00 bits per heavy atom. The number of rotatable bonds is 4. The third kappa shape index (κ3) is 3.18. The summed E-state index contributed by atoms with van der Waals surface area (Å²) in [6, 6.07) is 17.6. The van der Waals surface area contributed by atoms with Gasteiger partial charge in [-0.25, -0.2) is 0 Å². The zero-order valence-electron chi connectivity index (χ0n) is 16.8. The van der Waals surface area contributed by atoms with Crippen LogP contribution in [0.5, 0.6) is 0 Å². The topological polar surface area (TPSA) is 87.7 Å². The fourth-order valence-corrected chi connectivity index (χ4v) is 4.38. The Morgan fingerprint density at radius 2 is 1.70 bits per heavy atom. The molecule has 3 N–H and O–H groups in total. The van der Waals surface area contributed by atoms with E-state index >= 15 is 0 Å². The van der Waals surface area contributed by atoms with Crippen molar-refractivity contribution in [1.82, 2.24) is 0 Å². The molecule has 0 aliphatic carbocycles. The fourth-order valence-electron chi connectivity index (χ4n) is 4.38. The van der Waals surface area contributed by atoms with Gasteiger partial charge in [0, 0.05) is 60.1 Å². The second-order valence-electron chi connectivity index (χ2n) is 8.01. The lowest BCUT2D eigenvalue weighted by Crippen LogP contribution is -2.46.